The van der Waals surface area contributed by atoms with Crippen molar-refractivity contribution in [3.8, 4) is 11.4 Å². The Labute approximate surface area is 156 Å². The average molecular weight is 379 g/mol. The molecule has 2 aromatic heterocycles. The molecular weight excluding hydrogens is 368 g/mol. The predicted octanol–water partition coefficient (Wildman–Crippen LogP) is 2.97. The van der Waals surface area contributed by atoms with Crippen molar-refractivity contribution in [1.82, 2.24) is 14.3 Å². The van der Waals surface area contributed by atoms with Gasteiger partial charge in [0.15, 0.2) is 5.82 Å². The number of hydrogen-bond acceptors (Lipinski definition) is 9. The summed E-state index contributed by atoms with van der Waals surface area (Å²) < 4.78 is 5.20. The molecule has 128 valence electrons. The van der Waals surface area contributed by atoms with E-state index in [1.807, 2.05) is 54.6 Å². The molecule has 7 nitrogen and oxygen atoms in total. The monoisotopic (exact) mass is 379 g/mol. The lowest BCUT2D eigenvalue weighted by atomic mass is 10.2. The zero-order valence-corrected chi connectivity index (χ0v) is 14.8. The van der Waals surface area contributed by atoms with E-state index in [4.69, 9.17) is 5.41 Å². The number of hydrogen-bond donors (Lipinski definition) is 2. The molecule has 0 saturated carbocycles. The van der Waals surface area contributed by atoms with Gasteiger partial charge in [0.05, 0.1) is 10.2 Å². The van der Waals surface area contributed by atoms with Crippen molar-refractivity contribution in [3.05, 3.63) is 59.6 Å². The smallest absolute Gasteiger partial charge is 0.223 e. The van der Waals surface area contributed by atoms with Gasteiger partial charge in [-0.2, -0.15) is 14.5 Å². The average Bonchev–Trinajstić information content (AvgIpc) is 3.29. The third kappa shape index (κ3) is 3.30. The third-order valence-electron chi connectivity index (χ3n) is 3.43. The maximum atomic E-state index is 11.7. The molecule has 0 saturated heterocycles. The van der Waals surface area contributed by atoms with Crippen LogP contribution in [0.2, 0.25) is 0 Å². The third-order valence-corrected chi connectivity index (χ3v) is 5.10. The van der Waals surface area contributed by atoms with Crippen molar-refractivity contribution in [3.63, 3.8) is 0 Å². The second-order valence-electron chi connectivity index (χ2n) is 5.18. The van der Waals surface area contributed by atoms with Crippen LogP contribution in [0.15, 0.2) is 59.7 Å². The van der Waals surface area contributed by atoms with Gasteiger partial charge in [-0.15, -0.1) is 11.3 Å². The van der Waals surface area contributed by atoms with E-state index >= 15 is 0 Å². The summed E-state index contributed by atoms with van der Waals surface area (Å²) in [5.74, 6) is -0.337. The molecule has 0 unspecified atom stereocenters. The molecule has 0 aliphatic rings. The van der Waals surface area contributed by atoms with E-state index in [2.05, 4.69) is 24.9 Å². The van der Waals surface area contributed by atoms with Crippen LogP contribution < -0.4 is 10.5 Å². The minimum atomic E-state index is -0.913. The lowest BCUT2D eigenvalue weighted by molar-refractivity contribution is -0.210. The summed E-state index contributed by atoms with van der Waals surface area (Å²) in [4.78, 5) is 8.72. The van der Waals surface area contributed by atoms with Crippen LogP contribution in [-0.4, -0.2) is 26.0 Å². The van der Waals surface area contributed by atoms with E-state index in [-0.39, 0.29) is 5.71 Å². The second kappa shape index (κ2) is 6.98. The summed E-state index contributed by atoms with van der Waals surface area (Å²) >= 11 is 2.45. The zero-order valence-electron chi connectivity index (χ0n) is 13.2. The van der Waals surface area contributed by atoms with Crippen molar-refractivity contribution < 1.29 is 5.11 Å². The molecule has 0 radical (unpaired) electrons. The van der Waals surface area contributed by atoms with Gasteiger partial charge in [0.2, 0.25) is 5.13 Å². The highest BCUT2D eigenvalue weighted by molar-refractivity contribution is 7.21. The molecule has 0 bridgehead atoms. The van der Waals surface area contributed by atoms with E-state index in [1.54, 1.807) is 0 Å². The Hall–Kier alpha value is -3.17. The molecule has 2 heterocycles. The number of anilines is 1. The Morgan fingerprint density at radius 2 is 1.81 bits per heavy atom. The number of rotatable bonds is 5. The highest BCUT2D eigenvalue weighted by Crippen LogP contribution is 2.23. The quantitative estimate of drug-likeness (QED) is 0.315. The summed E-state index contributed by atoms with van der Waals surface area (Å²) in [6.45, 7) is 0. The fraction of sp³-hybridized carbons (Fsp3) is 0. The van der Waals surface area contributed by atoms with Gasteiger partial charge < -0.3 is 10.5 Å². The first-order chi connectivity index (χ1) is 12.7. The van der Waals surface area contributed by atoms with Crippen LogP contribution in [0, 0.1) is 5.41 Å². The van der Waals surface area contributed by atoms with Gasteiger partial charge in [-0.05, 0) is 12.1 Å². The van der Waals surface area contributed by atoms with Gasteiger partial charge in [0.25, 0.3) is 0 Å². The Bertz CT molecular complexity index is 1070. The van der Waals surface area contributed by atoms with Crippen molar-refractivity contribution in [1.29, 1.82) is 5.41 Å². The SMILES string of the molecule is N=C([O-])/C(=N\Nc1nc(-c2ccccc2)ns1)c1nc2ccccc2s1. The van der Waals surface area contributed by atoms with E-state index in [1.165, 1.54) is 11.3 Å². The molecule has 0 spiro atoms. The van der Waals surface area contributed by atoms with Gasteiger partial charge in [0.1, 0.15) is 10.7 Å². The number of hydrazone groups is 1. The highest BCUT2D eigenvalue weighted by atomic mass is 32.1. The van der Waals surface area contributed by atoms with Crippen LogP contribution in [0.4, 0.5) is 5.13 Å². The highest BCUT2D eigenvalue weighted by Gasteiger charge is 2.11. The lowest BCUT2D eigenvalue weighted by Crippen LogP contribution is -2.28. The van der Waals surface area contributed by atoms with E-state index in [9.17, 15) is 5.11 Å². The van der Waals surface area contributed by atoms with Crippen molar-refractivity contribution in [2.24, 2.45) is 5.10 Å². The van der Waals surface area contributed by atoms with Crippen LogP contribution >= 0.6 is 22.9 Å². The molecule has 26 heavy (non-hydrogen) atoms. The van der Waals surface area contributed by atoms with Gasteiger partial charge in [-0.1, -0.05) is 42.5 Å². The molecule has 2 N–H and O–H groups in total. The second-order valence-corrected chi connectivity index (χ2v) is 6.96. The topological polar surface area (TPSA) is 110 Å². The summed E-state index contributed by atoms with van der Waals surface area (Å²) in [7, 11) is 0. The molecule has 9 heteroatoms. The number of benzene rings is 2. The number of nitrogens with one attached hydrogen (secondary N) is 2. The van der Waals surface area contributed by atoms with Crippen LogP contribution in [-0.2, 0) is 0 Å². The van der Waals surface area contributed by atoms with E-state index in [0.29, 0.717) is 16.0 Å². The molecule has 4 aromatic rings. The Morgan fingerprint density at radius 3 is 2.58 bits per heavy atom. The molecule has 0 atom stereocenters. The largest absolute Gasteiger partial charge is 0.857 e. The van der Waals surface area contributed by atoms with Gasteiger partial charge in [-0.25, -0.2) is 4.98 Å². The van der Waals surface area contributed by atoms with Crippen molar-refractivity contribution in [2.45, 2.75) is 0 Å². The van der Waals surface area contributed by atoms with Gasteiger partial charge in [-0.3, -0.25) is 5.43 Å². The van der Waals surface area contributed by atoms with Gasteiger partial charge in [0, 0.05) is 23.0 Å². The normalized spacial score (nSPS) is 11.6. The minimum Gasteiger partial charge on any atom is -0.857 e. The standard InChI is InChI=1S/C17H12N6OS2/c18-14(24)13(16-19-11-8-4-5-9-12(11)25-16)21-22-17-20-15(23-26-17)10-6-2-1-3-7-10/h1-9H,(H2,18,24)(H,20,22,23)/p-1/b21-13+. The summed E-state index contributed by atoms with van der Waals surface area (Å²) in [5.41, 5.74) is 4.32. The van der Waals surface area contributed by atoms with Gasteiger partial charge >= 0.3 is 0 Å². The number of thiazole rings is 1. The fourth-order valence-electron chi connectivity index (χ4n) is 2.25. The maximum absolute atomic E-state index is 11.7. The van der Waals surface area contributed by atoms with E-state index < -0.39 is 5.90 Å². The maximum Gasteiger partial charge on any atom is 0.223 e. The summed E-state index contributed by atoms with van der Waals surface area (Å²) in [6, 6.07) is 17.1. The molecule has 4 rings (SSSR count). The predicted molar refractivity (Wildman–Crippen MR) is 103 cm³/mol. The molecule has 0 aliphatic heterocycles. The zero-order chi connectivity index (χ0) is 17.9. The van der Waals surface area contributed by atoms with E-state index in [0.717, 1.165) is 27.3 Å². The summed E-state index contributed by atoms with van der Waals surface area (Å²) in [6.07, 6.45) is 0. The summed E-state index contributed by atoms with van der Waals surface area (Å²) in [5, 5.41) is 24.1. The van der Waals surface area contributed by atoms with Crippen LogP contribution in [0.25, 0.3) is 21.6 Å². The molecule has 0 fully saturated rings. The first-order valence-corrected chi connectivity index (χ1v) is 9.14. The Balaban J connectivity index is 1.61. The Kier molecular flexibility index (Phi) is 4.38. The number of para-hydroxylation sites is 1. The van der Waals surface area contributed by atoms with Crippen molar-refractivity contribution in [2.75, 3.05) is 5.43 Å². The molecule has 0 aliphatic carbocycles. The van der Waals surface area contributed by atoms with Crippen LogP contribution in [0.3, 0.4) is 0 Å². The fourth-order valence-corrected chi connectivity index (χ4v) is 3.73. The number of aromatic nitrogens is 3. The first-order valence-electron chi connectivity index (χ1n) is 7.55. The van der Waals surface area contributed by atoms with Crippen LogP contribution in [0.5, 0.6) is 0 Å². The molecular formula is C17H11N6OS2-. The number of fused-ring (bicyclic) bond motifs is 1. The van der Waals surface area contributed by atoms with Crippen molar-refractivity contribution >= 4 is 49.8 Å². The first kappa shape index (κ1) is 16.3. The molecule has 0 amide bonds. The van der Waals surface area contributed by atoms with Crippen LogP contribution in [0.1, 0.15) is 5.01 Å². The minimum absolute atomic E-state index is 0.0531. The lowest BCUT2D eigenvalue weighted by Gasteiger charge is -2.08. The Morgan fingerprint density at radius 1 is 1.04 bits per heavy atom. The number of nitrogens with zero attached hydrogens (tertiary/aromatic N) is 4. The molecule has 2 aromatic carbocycles.